The van der Waals surface area contributed by atoms with E-state index in [-0.39, 0.29) is 0 Å². The first-order chi connectivity index (χ1) is 14.1. The molecular weight excluding hydrogens is 364 g/mol. The molecule has 0 amide bonds. The van der Waals surface area contributed by atoms with Gasteiger partial charge in [-0.05, 0) is 54.7 Å². The summed E-state index contributed by atoms with van der Waals surface area (Å²) in [4.78, 5) is 0. The van der Waals surface area contributed by atoms with Crippen molar-refractivity contribution >= 4 is 0 Å². The van der Waals surface area contributed by atoms with Crippen LogP contribution in [-0.4, -0.2) is 35.6 Å². The Balaban J connectivity index is 0.00000184. The maximum atomic E-state index is 9.52. The zero-order valence-corrected chi connectivity index (χ0v) is 19.0. The van der Waals surface area contributed by atoms with Gasteiger partial charge in [-0.15, -0.1) is 0 Å². The highest BCUT2D eigenvalue weighted by Crippen LogP contribution is 2.18. The zero-order chi connectivity index (χ0) is 22.1. The molecule has 0 aliphatic rings. The molecule has 2 N–H and O–H groups in total. The van der Waals surface area contributed by atoms with Gasteiger partial charge in [-0.3, -0.25) is 0 Å². The van der Waals surface area contributed by atoms with E-state index in [4.69, 9.17) is 9.47 Å². The van der Waals surface area contributed by atoms with Crippen molar-refractivity contribution in [3.8, 4) is 11.5 Å². The van der Waals surface area contributed by atoms with Gasteiger partial charge < -0.3 is 19.7 Å². The fraction of sp³-hybridized carbons (Fsp3) is 0.520. The van der Waals surface area contributed by atoms with Crippen molar-refractivity contribution in [2.24, 2.45) is 0 Å². The molecule has 164 valence electrons. The fourth-order valence-electron chi connectivity index (χ4n) is 2.26. The zero-order valence-electron chi connectivity index (χ0n) is 19.0. The smallest absolute Gasteiger partial charge is 0.119 e. The van der Waals surface area contributed by atoms with E-state index in [9.17, 15) is 10.2 Å². The minimum atomic E-state index is -0.418. The lowest BCUT2D eigenvalue weighted by Gasteiger charge is -2.11. The lowest BCUT2D eigenvalue weighted by Crippen LogP contribution is -2.15. The predicted molar refractivity (Wildman–Crippen MR) is 122 cm³/mol. The molecule has 4 nitrogen and oxygen atoms in total. The van der Waals surface area contributed by atoms with Gasteiger partial charge in [0.1, 0.15) is 24.7 Å². The Kier molecular flexibility index (Phi) is 15.7. The third-order valence-corrected chi connectivity index (χ3v) is 4.08. The summed E-state index contributed by atoms with van der Waals surface area (Å²) in [6.07, 6.45) is 1.37. The van der Waals surface area contributed by atoms with Crippen molar-refractivity contribution < 1.29 is 19.7 Å². The van der Waals surface area contributed by atoms with E-state index in [0.717, 1.165) is 17.9 Å². The summed E-state index contributed by atoms with van der Waals surface area (Å²) in [7, 11) is 0. The first-order valence-corrected chi connectivity index (χ1v) is 10.9. The maximum Gasteiger partial charge on any atom is 0.119 e. The number of aliphatic hydroxyl groups excluding tert-OH is 2. The topological polar surface area (TPSA) is 58.9 Å². The summed E-state index contributed by atoms with van der Waals surface area (Å²) < 4.78 is 11.1. The van der Waals surface area contributed by atoms with E-state index in [1.807, 2.05) is 90.1 Å². The summed E-state index contributed by atoms with van der Waals surface area (Å²) in [5.41, 5.74) is 2.39. The minimum Gasteiger partial charge on any atom is -0.491 e. The van der Waals surface area contributed by atoms with Gasteiger partial charge in [0.25, 0.3) is 0 Å². The third-order valence-electron chi connectivity index (χ3n) is 4.08. The van der Waals surface area contributed by atoms with Crippen LogP contribution in [0.5, 0.6) is 11.5 Å². The summed E-state index contributed by atoms with van der Waals surface area (Å²) in [5, 5.41) is 19.0. The van der Waals surface area contributed by atoms with Gasteiger partial charge in [0.15, 0.2) is 0 Å². The Morgan fingerprint density at radius 3 is 1.21 bits per heavy atom. The van der Waals surface area contributed by atoms with E-state index in [2.05, 4.69) is 0 Å². The second kappa shape index (κ2) is 16.9. The van der Waals surface area contributed by atoms with Crippen LogP contribution < -0.4 is 9.47 Å². The highest BCUT2D eigenvalue weighted by Gasteiger charge is 2.04. The molecule has 29 heavy (non-hydrogen) atoms. The van der Waals surface area contributed by atoms with Crippen molar-refractivity contribution in [1.29, 1.82) is 0 Å². The molecule has 2 unspecified atom stereocenters. The molecule has 0 saturated heterocycles. The molecule has 0 saturated carbocycles. The van der Waals surface area contributed by atoms with E-state index >= 15 is 0 Å². The van der Waals surface area contributed by atoms with Crippen molar-refractivity contribution in [2.45, 2.75) is 73.0 Å². The summed E-state index contributed by atoms with van der Waals surface area (Å²) in [6.45, 7) is 12.5. The van der Waals surface area contributed by atoms with Crippen LogP contribution in [-0.2, 0) is 6.42 Å². The van der Waals surface area contributed by atoms with Crippen LogP contribution in [0.25, 0.3) is 0 Å². The summed E-state index contributed by atoms with van der Waals surface area (Å²) in [5.74, 6) is 1.55. The third kappa shape index (κ3) is 11.5. The van der Waals surface area contributed by atoms with Crippen LogP contribution in [0.4, 0.5) is 0 Å². The molecule has 0 fully saturated rings. The molecule has 0 bridgehead atoms. The minimum absolute atomic E-state index is 0.323. The summed E-state index contributed by atoms with van der Waals surface area (Å²) in [6, 6.07) is 15.9. The number of hydrogen-bond donors (Lipinski definition) is 2. The molecule has 4 heteroatoms. The highest BCUT2D eigenvalue weighted by molar-refractivity contribution is 5.34. The van der Waals surface area contributed by atoms with E-state index in [1.54, 1.807) is 0 Å². The lowest BCUT2D eigenvalue weighted by atomic mass is 10.0. The number of rotatable bonds is 10. The molecule has 2 aromatic carbocycles. The molecule has 2 atom stereocenters. The van der Waals surface area contributed by atoms with Gasteiger partial charge in [0.2, 0.25) is 0 Å². The van der Waals surface area contributed by atoms with E-state index in [1.165, 1.54) is 11.1 Å². The molecule has 0 radical (unpaired) electrons. The first kappa shape index (κ1) is 27.0. The van der Waals surface area contributed by atoms with Crippen molar-refractivity contribution in [3.63, 3.8) is 0 Å². The Morgan fingerprint density at radius 2 is 0.931 bits per heavy atom. The lowest BCUT2D eigenvalue weighted by molar-refractivity contribution is 0.104. The average Bonchev–Trinajstić information content (AvgIpc) is 2.80. The standard InChI is InChI=1S/C21H28O4.2C2H6/c1-3-18(22)14-24-20-9-5-16(6-10-20)13-17-7-11-21(12-8-17)25-15-19(23)4-2;2*1-2/h5-12,18-19,22-23H,3-4,13-15H2,1-2H3;2*1-2H3. The van der Waals surface area contributed by atoms with Gasteiger partial charge in [-0.25, -0.2) is 0 Å². The largest absolute Gasteiger partial charge is 0.491 e. The average molecular weight is 405 g/mol. The van der Waals surface area contributed by atoms with Crippen LogP contribution in [0.15, 0.2) is 48.5 Å². The SMILES string of the molecule is CC.CC.CCC(O)COc1ccc(Cc2ccc(OCC(O)CC)cc2)cc1. The second-order valence-corrected chi connectivity index (χ2v) is 6.21. The Bertz CT molecular complexity index is 552. The molecule has 0 aliphatic heterocycles. The monoisotopic (exact) mass is 404 g/mol. The molecule has 0 spiro atoms. The van der Waals surface area contributed by atoms with E-state index in [0.29, 0.717) is 26.1 Å². The van der Waals surface area contributed by atoms with Crippen LogP contribution >= 0.6 is 0 Å². The number of aliphatic hydroxyl groups is 2. The van der Waals surface area contributed by atoms with Crippen LogP contribution in [0.1, 0.15) is 65.5 Å². The maximum absolute atomic E-state index is 9.52. The molecule has 2 rings (SSSR count). The number of benzene rings is 2. The predicted octanol–water partition coefficient (Wildman–Crippen LogP) is 5.63. The van der Waals surface area contributed by atoms with Crippen molar-refractivity contribution in [2.75, 3.05) is 13.2 Å². The molecule has 0 aromatic heterocycles. The fourth-order valence-corrected chi connectivity index (χ4v) is 2.26. The van der Waals surface area contributed by atoms with E-state index < -0.39 is 12.2 Å². The van der Waals surface area contributed by atoms with Crippen molar-refractivity contribution in [1.82, 2.24) is 0 Å². The number of hydrogen-bond acceptors (Lipinski definition) is 4. The van der Waals surface area contributed by atoms with Crippen LogP contribution in [0.2, 0.25) is 0 Å². The molecule has 0 aliphatic carbocycles. The Hall–Kier alpha value is -2.04. The van der Waals surface area contributed by atoms with Gasteiger partial charge in [0, 0.05) is 0 Å². The van der Waals surface area contributed by atoms with Crippen LogP contribution in [0, 0.1) is 0 Å². The van der Waals surface area contributed by atoms with Gasteiger partial charge in [0.05, 0.1) is 12.2 Å². The number of ether oxygens (including phenoxy) is 2. The Morgan fingerprint density at radius 1 is 0.621 bits per heavy atom. The molecule has 0 heterocycles. The van der Waals surface area contributed by atoms with Crippen LogP contribution in [0.3, 0.4) is 0 Å². The van der Waals surface area contributed by atoms with Gasteiger partial charge in [-0.2, -0.15) is 0 Å². The van der Waals surface area contributed by atoms with Crippen molar-refractivity contribution in [3.05, 3.63) is 59.7 Å². The van der Waals surface area contributed by atoms with Gasteiger partial charge >= 0.3 is 0 Å². The summed E-state index contributed by atoms with van der Waals surface area (Å²) >= 11 is 0. The second-order valence-electron chi connectivity index (χ2n) is 6.21. The normalized spacial score (nSPS) is 11.9. The quantitative estimate of drug-likeness (QED) is 0.539. The first-order valence-electron chi connectivity index (χ1n) is 10.9. The Labute approximate surface area is 177 Å². The molecular formula is C25H40O4. The van der Waals surface area contributed by atoms with Gasteiger partial charge in [-0.1, -0.05) is 65.8 Å². The molecule has 2 aromatic rings. The highest BCUT2D eigenvalue weighted by atomic mass is 16.5.